The third-order valence-corrected chi connectivity index (χ3v) is 4.56. The van der Waals surface area contributed by atoms with Crippen molar-refractivity contribution in [1.29, 1.82) is 0 Å². The zero-order valence-electron chi connectivity index (χ0n) is 14.9. The van der Waals surface area contributed by atoms with Crippen molar-refractivity contribution >= 4 is 34.9 Å². The van der Waals surface area contributed by atoms with Gasteiger partial charge in [0.2, 0.25) is 0 Å². The standard InChI is InChI=1S/C17H13Cl2F6N3O2/c1-15(30,17(23,24)25)9-4-10(18)13(11(19)5-9)28-14(29)27-7-8-2-3-12(26-6-8)16(20,21)22/h2-6,30H,7H2,1H3,(H2,27,28,29)/t15-/m0/s1. The molecule has 2 amide bonds. The van der Waals surface area contributed by atoms with E-state index in [-0.39, 0.29) is 27.8 Å². The maximum absolute atomic E-state index is 13.0. The Balaban J connectivity index is 2.08. The Bertz CT molecular complexity index is 908. The van der Waals surface area contributed by atoms with Crippen molar-refractivity contribution in [1.82, 2.24) is 10.3 Å². The van der Waals surface area contributed by atoms with Crippen LogP contribution in [0.15, 0.2) is 30.5 Å². The van der Waals surface area contributed by atoms with Crippen LogP contribution in [-0.2, 0) is 18.3 Å². The number of alkyl halides is 6. The number of rotatable bonds is 4. The minimum absolute atomic E-state index is 0.201. The highest BCUT2D eigenvalue weighted by Crippen LogP contribution is 2.42. The van der Waals surface area contributed by atoms with Gasteiger partial charge >= 0.3 is 18.4 Å². The zero-order chi connectivity index (χ0) is 22.9. The molecule has 2 rings (SSSR count). The molecule has 1 atom stereocenters. The monoisotopic (exact) mass is 475 g/mol. The first-order valence-corrected chi connectivity index (χ1v) is 8.74. The maximum Gasteiger partial charge on any atom is 0.433 e. The van der Waals surface area contributed by atoms with Crippen LogP contribution in [0.2, 0.25) is 10.0 Å². The van der Waals surface area contributed by atoms with Gasteiger partial charge in [0, 0.05) is 12.7 Å². The summed E-state index contributed by atoms with van der Waals surface area (Å²) in [5.74, 6) is 0. The largest absolute Gasteiger partial charge is 0.433 e. The highest BCUT2D eigenvalue weighted by Gasteiger charge is 2.51. The van der Waals surface area contributed by atoms with Gasteiger partial charge in [-0.2, -0.15) is 26.3 Å². The van der Waals surface area contributed by atoms with Gasteiger partial charge in [-0.05, 0) is 36.2 Å². The van der Waals surface area contributed by atoms with E-state index >= 15 is 0 Å². The molecule has 0 fully saturated rings. The van der Waals surface area contributed by atoms with Gasteiger partial charge in [0.1, 0.15) is 5.69 Å². The average molecular weight is 476 g/mol. The Morgan fingerprint density at radius 3 is 2.10 bits per heavy atom. The minimum atomic E-state index is -5.00. The van der Waals surface area contributed by atoms with Crippen LogP contribution in [0.3, 0.4) is 0 Å². The second kappa shape index (κ2) is 8.48. The number of anilines is 1. The molecule has 0 aliphatic heterocycles. The van der Waals surface area contributed by atoms with E-state index in [1.54, 1.807) is 0 Å². The van der Waals surface area contributed by atoms with Crippen molar-refractivity contribution in [2.45, 2.75) is 31.4 Å². The molecular formula is C17H13Cl2F6N3O2. The molecule has 0 saturated carbocycles. The molecular weight excluding hydrogens is 463 g/mol. The van der Waals surface area contributed by atoms with Crippen molar-refractivity contribution in [2.75, 3.05) is 5.32 Å². The first kappa shape index (κ1) is 24.0. The molecule has 0 radical (unpaired) electrons. The number of pyridine rings is 1. The smallest absolute Gasteiger partial charge is 0.376 e. The number of carbonyl (C=O) groups is 1. The number of benzene rings is 1. The third-order valence-electron chi connectivity index (χ3n) is 3.96. The van der Waals surface area contributed by atoms with Crippen molar-refractivity contribution in [2.24, 2.45) is 0 Å². The molecule has 30 heavy (non-hydrogen) atoms. The number of hydrogen-bond acceptors (Lipinski definition) is 3. The fourth-order valence-corrected chi connectivity index (χ4v) is 2.76. The van der Waals surface area contributed by atoms with Crippen LogP contribution in [0.1, 0.15) is 23.7 Å². The van der Waals surface area contributed by atoms with Crippen molar-refractivity contribution in [3.63, 3.8) is 0 Å². The highest BCUT2D eigenvalue weighted by molar-refractivity contribution is 6.39. The Kier molecular flexibility index (Phi) is 6.79. The normalized spacial score (nSPS) is 14.2. The van der Waals surface area contributed by atoms with Gasteiger partial charge < -0.3 is 15.7 Å². The predicted molar refractivity (Wildman–Crippen MR) is 97.2 cm³/mol. The van der Waals surface area contributed by atoms with Gasteiger partial charge in [0.25, 0.3) is 0 Å². The number of nitrogens with zero attached hydrogens (tertiary/aromatic N) is 1. The lowest BCUT2D eigenvalue weighted by atomic mass is 9.95. The number of amides is 2. The van der Waals surface area contributed by atoms with Gasteiger partial charge in [-0.25, -0.2) is 4.79 Å². The Morgan fingerprint density at radius 1 is 1.10 bits per heavy atom. The number of hydrogen-bond donors (Lipinski definition) is 3. The summed E-state index contributed by atoms with van der Waals surface area (Å²) in [6.07, 6.45) is -8.67. The summed E-state index contributed by atoms with van der Waals surface area (Å²) in [5.41, 5.74) is -4.91. The summed E-state index contributed by atoms with van der Waals surface area (Å²) in [6, 6.07) is 2.58. The molecule has 0 bridgehead atoms. The Morgan fingerprint density at radius 2 is 1.67 bits per heavy atom. The summed E-state index contributed by atoms with van der Waals surface area (Å²) in [6.45, 7) is 0.319. The van der Waals surface area contributed by atoms with Gasteiger partial charge in [0.15, 0.2) is 5.60 Å². The second-order valence-corrected chi connectivity index (χ2v) is 7.06. The van der Waals surface area contributed by atoms with E-state index < -0.39 is 35.2 Å². The van der Waals surface area contributed by atoms with E-state index in [1.807, 2.05) is 0 Å². The topological polar surface area (TPSA) is 74.2 Å². The molecule has 0 saturated heterocycles. The van der Waals surface area contributed by atoms with Crippen LogP contribution in [0.25, 0.3) is 0 Å². The van der Waals surface area contributed by atoms with Gasteiger partial charge in [0.05, 0.1) is 15.7 Å². The van der Waals surface area contributed by atoms with Crippen molar-refractivity contribution in [3.05, 3.63) is 57.3 Å². The first-order valence-electron chi connectivity index (χ1n) is 7.98. The lowest BCUT2D eigenvalue weighted by Gasteiger charge is -2.27. The summed E-state index contributed by atoms with van der Waals surface area (Å²) < 4.78 is 76.3. The number of urea groups is 1. The minimum Gasteiger partial charge on any atom is -0.376 e. The number of halogens is 8. The van der Waals surface area contributed by atoms with Crippen LogP contribution in [-0.4, -0.2) is 22.3 Å². The Labute approximate surface area is 176 Å². The van der Waals surface area contributed by atoms with E-state index in [4.69, 9.17) is 23.2 Å². The summed E-state index contributed by atoms with van der Waals surface area (Å²) in [4.78, 5) is 15.2. The van der Waals surface area contributed by atoms with Gasteiger partial charge in [-0.1, -0.05) is 29.3 Å². The molecule has 2 aromatic rings. The number of nitrogens with one attached hydrogen (secondary N) is 2. The van der Waals surface area contributed by atoms with Crippen LogP contribution >= 0.6 is 23.2 Å². The number of aromatic nitrogens is 1. The van der Waals surface area contributed by atoms with E-state index in [0.717, 1.165) is 30.5 Å². The van der Waals surface area contributed by atoms with Crippen LogP contribution in [0, 0.1) is 0 Å². The van der Waals surface area contributed by atoms with Gasteiger partial charge in [-0.15, -0.1) is 0 Å². The molecule has 13 heteroatoms. The lowest BCUT2D eigenvalue weighted by Crippen LogP contribution is -2.39. The molecule has 0 aliphatic rings. The van der Waals surface area contributed by atoms with Crippen LogP contribution in [0.4, 0.5) is 36.8 Å². The van der Waals surface area contributed by atoms with Crippen molar-refractivity contribution < 1.29 is 36.2 Å². The number of aliphatic hydroxyl groups is 1. The molecule has 164 valence electrons. The quantitative estimate of drug-likeness (QED) is 0.511. The van der Waals surface area contributed by atoms with E-state index in [9.17, 15) is 36.2 Å². The van der Waals surface area contributed by atoms with E-state index in [0.29, 0.717) is 6.92 Å². The summed E-state index contributed by atoms with van der Waals surface area (Å²) in [7, 11) is 0. The number of carbonyl (C=O) groups excluding carboxylic acids is 1. The molecule has 0 spiro atoms. The summed E-state index contributed by atoms with van der Waals surface area (Å²) >= 11 is 11.8. The fraction of sp³-hybridized carbons (Fsp3) is 0.294. The molecule has 5 nitrogen and oxygen atoms in total. The molecule has 1 heterocycles. The second-order valence-electron chi connectivity index (χ2n) is 6.24. The third kappa shape index (κ3) is 5.46. The Hall–Kier alpha value is -2.24. The predicted octanol–water partition coefficient (Wildman–Crippen LogP) is 5.50. The van der Waals surface area contributed by atoms with Crippen molar-refractivity contribution in [3.8, 4) is 0 Å². The molecule has 0 unspecified atom stereocenters. The van der Waals surface area contributed by atoms with E-state index in [2.05, 4.69) is 15.6 Å². The summed E-state index contributed by atoms with van der Waals surface area (Å²) in [5, 5.41) is 13.5. The molecule has 3 N–H and O–H groups in total. The highest BCUT2D eigenvalue weighted by atomic mass is 35.5. The first-order chi connectivity index (χ1) is 13.6. The van der Waals surface area contributed by atoms with Crippen LogP contribution < -0.4 is 10.6 Å². The average Bonchev–Trinajstić information content (AvgIpc) is 2.61. The van der Waals surface area contributed by atoms with Crippen LogP contribution in [0.5, 0.6) is 0 Å². The molecule has 1 aromatic heterocycles. The fourth-order valence-electron chi connectivity index (χ4n) is 2.17. The molecule has 1 aromatic carbocycles. The lowest BCUT2D eigenvalue weighted by molar-refractivity contribution is -0.258. The molecule has 0 aliphatic carbocycles. The van der Waals surface area contributed by atoms with Gasteiger partial charge in [-0.3, -0.25) is 4.98 Å². The zero-order valence-corrected chi connectivity index (χ0v) is 16.4. The maximum atomic E-state index is 13.0. The SMILES string of the molecule is C[C@](O)(c1cc(Cl)c(NC(=O)NCc2ccc(C(F)(F)F)nc2)c(Cl)c1)C(F)(F)F. The van der Waals surface area contributed by atoms with E-state index in [1.165, 1.54) is 0 Å².